The molecule has 1 amide bonds. The molecule has 152 valence electrons. The second-order valence-electron chi connectivity index (χ2n) is 6.52. The van der Waals surface area contributed by atoms with E-state index in [4.69, 9.17) is 4.42 Å². The number of rotatable bonds is 5. The summed E-state index contributed by atoms with van der Waals surface area (Å²) in [4.78, 5) is 12.9. The van der Waals surface area contributed by atoms with Gasteiger partial charge < -0.3 is 9.73 Å². The van der Waals surface area contributed by atoms with Crippen molar-refractivity contribution in [2.45, 2.75) is 12.7 Å². The summed E-state index contributed by atoms with van der Waals surface area (Å²) in [5.41, 5.74) is 0.950. The lowest BCUT2D eigenvalue weighted by molar-refractivity contribution is -0.137. The Labute approximate surface area is 169 Å². The maximum atomic E-state index is 12.9. The molecule has 0 saturated carbocycles. The molecular formula is C22H16F3N3O2. The molecule has 5 nitrogen and oxygen atoms in total. The van der Waals surface area contributed by atoms with Crippen LogP contribution >= 0.6 is 0 Å². The summed E-state index contributed by atoms with van der Waals surface area (Å²) >= 11 is 0. The lowest BCUT2D eigenvalue weighted by atomic mass is 10.1. The van der Waals surface area contributed by atoms with Crippen LogP contribution in [0.3, 0.4) is 0 Å². The highest BCUT2D eigenvalue weighted by Crippen LogP contribution is 2.29. The molecule has 0 atom stereocenters. The van der Waals surface area contributed by atoms with Gasteiger partial charge in [0.15, 0.2) is 5.76 Å². The van der Waals surface area contributed by atoms with Crippen LogP contribution in [0, 0.1) is 0 Å². The van der Waals surface area contributed by atoms with Crippen molar-refractivity contribution in [2.24, 2.45) is 0 Å². The summed E-state index contributed by atoms with van der Waals surface area (Å²) in [7, 11) is 0. The molecule has 0 spiro atoms. The van der Waals surface area contributed by atoms with Crippen LogP contribution < -0.4 is 5.32 Å². The van der Waals surface area contributed by atoms with Gasteiger partial charge in [0.05, 0.1) is 17.5 Å². The molecule has 0 aliphatic heterocycles. The minimum atomic E-state index is -4.44. The molecule has 2 aromatic heterocycles. The maximum Gasteiger partial charge on any atom is 0.416 e. The smallest absolute Gasteiger partial charge is 0.416 e. The molecule has 0 bridgehead atoms. The summed E-state index contributed by atoms with van der Waals surface area (Å²) in [6.45, 7) is -0.0567. The third kappa shape index (κ3) is 4.12. The molecular weight excluding hydrogens is 395 g/mol. The number of para-hydroxylation sites is 1. The third-order valence-electron chi connectivity index (χ3n) is 4.42. The van der Waals surface area contributed by atoms with Crippen LogP contribution in [0.25, 0.3) is 17.1 Å². The van der Waals surface area contributed by atoms with Gasteiger partial charge in [-0.15, -0.1) is 0 Å². The van der Waals surface area contributed by atoms with Crippen LogP contribution in [-0.2, 0) is 12.7 Å². The molecule has 0 aliphatic rings. The monoisotopic (exact) mass is 411 g/mol. The first-order valence-corrected chi connectivity index (χ1v) is 9.05. The van der Waals surface area contributed by atoms with Gasteiger partial charge in [-0.25, -0.2) is 4.68 Å². The van der Waals surface area contributed by atoms with Crippen molar-refractivity contribution in [2.75, 3.05) is 0 Å². The number of benzene rings is 2. The van der Waals surface area contributed by atoms with Crippen LogP contribution in [0.15, 0.2) is 83.5 Å². The Morgan fingerprint density at radius 3 is 2.50 bits per heavy atom. The van der Waals surface area contributed by atoms with Crippen LogP contribution in [0.2, 0.25) is 0 Å². The quantitative estimate of drug-likeness (QED) is 0.498. The first kappa shape index (κ1) is 19.5. The lowest BCUT2D eigenvalue weighted by Crippen LogP contribution is -2.25. The number of halogens is 3. The van der Waals surface area contributed by atoms with Crippen molar-refractivity contribution in [3.05, 3.63) is 95.9 Å². The van der Waals surface area contributed by atoms with E-state index in [1.165, 1.54) is 23.1 Å². The maximum absolute atomic E-state index is 12.9. The second-order valence-corrected chi connectivity index (χ2v) is 6.52. The number of hydrogen-bond acceptors (Lipinski definition) is 3. The van der Waals surface area contributed by atoms with Crippen molar-refractivity contribution in [3.63, 3.8) is 0 Å². The van der Waals surface area contributed by atoms with Gasteiger partial charge in [-0.3, -0.25) is 4.79 Å². The van der Waals surface area contributed by atoms with Crippen molar-refractivity contribution < 1.29 is 22.4 Å². The number of amides is 1. The van der Waals surface area contributed by atoms with E-state index in [2.05, 4.69) is 10.4 Å². The van der Waals surface area contributed by atoms with E-state index >= 15 is 0 Å². The Kier molecular flexibility index (Phi) is 5.14. The number of carbonyl (C=O) groups is 1. The first-order chi connectivity index (χ1) is 14.4. The van der Waals surface area contributed by atoms with Gasteiger partial charge in [0, 0.05) is 12.6 Å². The second kappa shape index (κ2) is 7.90. The summed E-state index contributed by atoms with van der Waals surface area (Å²) in [6.07, 6.45) is -2.94. The van der Waals surface area contributed by atoms with Crippen molar-refractivity contribution in [1.29, 1.82) is 0 Å². The molecule has 4 aromatic rings. The van der Waals surface area contributed by atoms with E-state index in [1.807, 2.05) is 18.2 Å². The SMILES string of the molecule is O=C(NCc1cccc(C(F)(F)F)c1)c1cc(-c2ccco2)nn1-c1ccccc1. The van der Waals surface area contributed by atoms with Crippen molar-refractivity contribution >= 4 is 5.91 Å². The van der Waals surface area contributed by atoms with E-state index in [1.54, 1.807) is 30.3 Å². The Hall–Kier alpha value is -3.81. The number of aromatic nitrogens is 2. The van der Waals surface area contributed by atoms with E-state index in [9.17, 15) is 18.0 Å². The Morgan fingerprint density at radius 1 is 1.00 bits per heavy atom. The zero-order valence-electron chi connectivity index (χ0n) is 15.6. The molecule has 0 radical (unpaired) electrons. The highest BCUT2D eigenvalue weighted by atomic mass is 19.4. The van der Waals surface area contributed by atoms with Gasteiger partial charge in [0.25, 0.3) is 5.91 Å². The highest BCUT2D eigenvalue weighted by molar-refractivity contribution is 5.94. The predicted molar refractivity (Wildman–Crippen MR) is 104 cm³/mol. The standard InChI is InChI=1S/C22H16F3N3O2/c23-22(24,25)16-7-4-6-15(12-16)14-26-21(29)19-13-18(20-10-5-11-30-20)27-28(19)17-8-2-1-3-9-17/h1-13H,14H2,(H,26,29). The fraction of sp³-hybridized carbons (Fsp3) is 0.0909. The molecule has 0 aliphatic carbocycles. The fourth-order valence-corrected chi connectivity index (χ4v) is 2.98. The molecule has 1 N–H and O–H groups in total. The van der Waals surface area contributed by atoms with Gasteiger partial charge in [-0.1, -0.05) is 30.3 Å². The average Bonchev–Trinajstić information content (AvgIpc) is 3.42. The normalized spacial score (nSPS) is 11.4. The molecule has 0 saturated heterocycles. The Balaban J connectivity index is 1.61. The van der Waals surface area contributed by atoms with Gasteiger partial charge in [0.2, 0.25) is 0 Å². The minimum absolute atomic E-state index is 0.0567. The Bertz CT molecular complexity index is 1150. The van der Waals surface area contributed by atoms with Gasteiger partial charge in [-0.05, 0) is 42.0 Å². The van der Waals surface area contributed by atoms with E-state index in [0.29, 0.717) is 22.7 Å². The molecule has 30 heavy (non-hydrogen) atoms. The number of nitrogens with zero attached hydrogens (tertiary/aromatic N) is 2. The highest BCUT2D eigenvalue weighted by Gasteiger charge is 2.30. The number of nitrogens with one attached hydrogen (secondary N) is 1. The van der Waals surface area contributed by atoms with E-state index < -0.39 is 17.6 Å². The average molecular weight is 411 g/mol. The van der Waals surface area contributed by atoms with E-state index in [0.717, 1.165) is 12.1 Å². The van der Waals surface area contributed by atoms with Crippen LogP contribution in [0.1, 0.15) is 21.6 Å². The summed E-state index contributed by atoms with van der Waals surface area (Å²) in [5, 5.41) is 7.12. The first-order valence-electron chi connectivity index (χ1n) is 9.05. The number of alkyl halides is 3. The molecule has 0 fully saturated rings. The zero-order valence-corrected chi connectivity index (χ0v) is 15.6. The molecule has 0 unspecified atom stereocenters. The summed E-state index contributed by atoms with van der Waals surface area (Å²) < 4.78 is 45.5. The molecule has 8 heteroatoms. The number of furan rings is 1. The van der Waals surface area contributed by atoms with Crippen molar-refractivity contribution in [3.8, 4) is 17.1 Å². The molecule has 4 rings (SSSR count). The predicted octanol–water partition coefficient (Wildman–Crippen LogP) is 5.08. The molecule has 2 heterocycles. The van der Waals surface area contributed by atoms with Gasteiger partial charge in [0.1, 0.15) is 11.4 Å². The number of hydrogen-bond donors (Lipinski definition) is 1. The third-order valence-corrected chi connectivity index (χ3v) is 4.42. The topological polar surface area (TPSA) is 60.1 Å². The summed E-state index contributed by atoms with van der Waals surface area (Å²) in [5.74, 6) is 0.0261. The van der Waals surface area contributed by atoms with Gasteiger partial charge >= 0.3 is 6.18 Å². The van der Waals surface area contributed by atoms with Crippen LogP contribution in [0.4, 0.5) is 13.2 Å². The molecule has 2 aromatic carbocycles. The lowest BCUT2D eigenvalue weighted by Gasteiger charge is -2.10. The fourth-order valence-electron chi connectivity index (χ4n) is 2.98. The zero-order chi connectivity index (χ0) is 21.1. The van der Waals surface area contributed by atoms with Crippen molar-refractivity contribution in [1.82, 2.24) is 15.1 Å². The minimum Gasteiger partial charge on any atom is -0.463 e. The Morgan fingerprint density at radius 2 is 1.80 bits per heavy atom. The van der Waals surface area contributed by atoms with Crippen LogP contribution in [-0.4, -0.2) is 15.7 Å². The van der Waals surface area contributed by atoms with E-state index in [-0.39, 0.29) is 12.2 Å². The summed E-state index contributed by atoms with van der Waals surface area (Å²) in [6, 6.07) is 18.9. The number of carbonyl (C=O) groups excluding carboxylic acids is 1. The van der Waals surface area contributed by atoms with Gasteiger partial charge in [-0.2, -0.15) is 18.3 Å². The van der Waals surface area contributed by atoms with Crippen LogP contribution in [0.5, 0.6) is 0 Å². The largest absolute Gasteiger partial charge is 0.463 e.